The van der Waals surface area contributed by atoms with E-state index in [9.17, 15) is 8.78 Å². The number of halogens is 2. The Bertz CT molecular complexity index is 570. The van der Waals surface area contributed by atoms with Crippen molar-refractivity contribution in [3.05, 3.63) is 71.3 Å². The number of nitrogens with zero attached hydrogens (tertiary/aromatic N) is 1. The summed E-state index contributed by atoms with van der Waals surface area (Å²) in [6, 6.07) is 15.6. The normalized spacial score (nSPS) is 11.9. The third kappa shape index (κ3) is 4.09. The average Bonchev–Trinajstić information content (AvgIpc) is 2.48. The Balaban J connectivity index is 2.06. The van der Waals surface area contributed by atoms with Gasteiger partial charge in [-0.3, -0.25) is 4.90 Å². The molecule has 0 amide bonds. The van der Waals surface area contributed by atoms with E-state index in [0.29, 0.717) is 13.1 Å². The van der Waals surface area contributed by atoms with Gasteiger partial charge in [0, 0.05) is 18.7 Å². The monoisotopic (exact) mass is 290 g/mol. The second kappa shape index (κ2) is 6.78. The van der Waals surface area contributed by atoms with Crippen molar-refractivity contribution < 1.29 is 8.78 Å². The molecule has 112 valence electrons. The van der Waals surface area contributed by atoms with Crippen molar-refractivity contribution in [2.45, 2.75) is 19.0 Å². The predicted octanol–water partition coefficient (Wildman–Crippen LogP) is 3.37. The molecule has 2 aromatic carbocycles. The molecule has 0 atom stereocenters. The lowest BCUT2D eigenvalue weighted by Gasteiger charge is -2.25. The van der Waals surface area contributed by atoms with Crippen LogP contribution >= 0.6 is 0 Å². The van der Waals surface area contributed by atoms with Crippen LogP contribution in [0, 0.1) is 0 Å². The molecule has 0 aromatic heterocycles. The molecule has 0 fully saturated rings. The molecule has 2 aromatic rings. The molecule has 21 heavy (non-hydrogen) atoms. The van der Waals surface area contributed by atoms with Gasteiger partial charge in [0.05, 0.1) is 6.54 Å². The Labute approximate surface area is 124 Å². The van der Waals surface area contributed by atoms with Crippen LogP contribution in [0.15, 0.2) is 54.6 Å². The zero-order valence-corrected chi connectivity index (χ0v) is 12.1. The molecule has 0 saturated carbocycles. The highest BCUT2D eigenvalue weighted by Crippen LogP contribution is 2.28. The molecule has 4 heteroatoms. The van der Waals surface area contributed by atoms with Crippen molar-refractivity contribution in [3.63, 3.8) is 0 Å². The Morgan fingerprint density at radius 2 is 1.52 bits per heavy atom. The van der Waals surface area contributed by atoms with Gasteiger partial charge in [0.2, 0.25) is 0 Å². The van der Waals surface area contributed by atoms with Crippen molar-refractivity contribution in [1.29, 1.82) is 0 Å². The first-order valence-corrected chi connectivity index (χ1v) is 6.91. The van der Waals surface area contributed by atoms with Crippen LogP contribution in [-0.4, -0.2) is 18.5 Å². The summed E-state index contributed by atoms with van der Waals surface area (Å²) in [5, 5.41) is 0. The van der Waals surface area contributed by atoms with E-state index in [-0.39, 0.29) is 12.1 Å². The predicted molar refractivity (Wildman–Crippen MR) is 81.0 cm³/mol. The summed E-state index contributed by atoms with van der Waals surface area (Å²) in [7, 11) is 1.70. The van der Waals surface area contributed by atoms with Crippen molar-refractivity contribution >= 4 is 0 Å². The highest BCUT2D eigenvalue weighted by atomic mass is 19.3. The van der Waals surface area contributed by atoms with Gasteiger partial charge in [0.1, 0.15) is 0 Å². The third-order valence-electron chi connectivity index (χ3n) is 3.44. The first-order chi connectivity index (χ1) is 10.0. The number of likely N-dealkylation sites (N-methyl/N-ethyl adjacent to an activating group) is 1. The quantitative estimate of drug-likeness (QED) is 0.884. The van der Waals surface area contributed by atoms with Crippen LogP contribution in [0.25, 0.3) is 0 Å². The highest BCUT2D eigenvalue weighted by Gasteiger charge is 2.32. The number of benzene rings is 2. The van der Waals surface area contributed by atoms with E-state index >= 15 is 0 Å². The van der Waals surface area contributed by atoms with Crippen LogP contribution in [0.5, 0.6) is 0 Å². The minimum Gasteiger partial charge on any atom is -0.326 e. The van der Waals surface area contributed by atoms with Gasteiger partial charge in [-0.15, -0.1) is 0 Å². The van der Waals surface area contributed by atoms with E-state index in [4.69, 9.17) is 5.73 Å². The van der Waals surface area contributed by atoms with Gasteiger partial charge < -0.3 is 5.73 Å². The third-order valence-corrected chi connectivity index (χ3v) is 3.44. The number of alkyl halides is 2. The minimum absolute atomic E-state index is 0.0453. The molecule has 0 spiro atoms. The molecule has 0 unspecified atom stereocenters. The van der Waals surface area contributed by atoms with Gasteiger partial charge in [-0.2, -0.15) is 8.78 Å². The Morgan fingerprint density at radius 3 is 2.14 bits per heavy atom. The van der Waals surface area contributed by atoms with E-state index in [1.54, 1.807) is 30.1 Å². The summed E-state index contributed by atoms with van der Waals surface area (Å²) in [6.07, 6.45) is 0. The lowest BCUT2D eigenvalue weighted by atomic mass is 10.1. The van der Waals surface area contributed by atoms with Crippen LogP contribution in [0.1, 0.15) is 16.7 Å². The molecular weight excluding hydrogens is 270 g/mol. The Hall–Kier alpha value is -1.78. The summed E-state index contributed by atoms with van der Waals surface area (Å²) in [4.78, 5) is 1.63. The lowest BCUT2D eigenvalue weighted by molar-refractivity contribution is -0.0338. The highest BCUT2D eigenvalue weighted by molar-refractivity contribution is 5.27. The van der Waals surface area contributed by atoms with Gasteiger partial charge in [-0.1, -0.05) is 54.6 Å². The maximum absolute atomic E-state index is 14.2. The number of nitrogens with two attached hydrogens (primary N) is 1. The van der Waals surface area contributed by atoms with Gasteiger partial charge in [0.25, 0.3) is 5.92 Å². The molecule has 2 rings (SSSR count). The lowest BCUT2D eigenvalue weighted by Crippen LogP contribution is -2.32. The molecule has 2 N–H and O–H groups in total. The van der Waals surface area contributed by atoms with Crippen LogP contribution in [-0.2, 0) is 19.0 Å². The number of rotatable bonds is 6. The number of hydrogen-bond donors (Lipinski definition) is 1. The van der Waals surface area contributed by atoms with E-state index in [2.05, 4.69) is 0 Å². The largest absolute Gasteiger partial charge is 0.326 e. The summed E-state index contributed by atoms with van der Waals surface area (Å²) in [5.41, 5.74) is 7.71. The van der Waals surface area contributed by atoms with Gasteiger partial charge in [0.15, 0.2) is 0 Å². The summed E-state index contributed by atoms with van der Waals surface area (Å²) >= 11 is 0. The topological polar surface area (TPSA) is 29.3 Å². The van der Waals surface area contributed by atoms with Crippen molar-refractivity contribution in [2.24, 2.45) is 5.73 Å². The minimum atomic E-state index is -2.87. The molecule has 0 aliphatic carbocycles. The molecule has 0 radical (unpaired) electrons. The molecule has 0 bridgehead atoms. The second-order valence-electron chi connectivity index (χ2n) is 5.22. The molecular formula is C17H20F2N2. The first-order valence-electron chi connectivity index (χ1n) is 6.91. The van der Waals surface area contributed by atoms with E-state index in [1.807, 2.05) is 24.3 Å². The van der Waals surface area contributed by atoms with Crippen LogP contribution in [0.4, 0.5) is 8.78 Å². The van der Waals surface area contributed by atoms with E-state index < -0.39 is 5.92 Å². The average molecular weight is 290 g/mol. The molecule has 0 heterocycles. The van der Waals surface area contributed by atoms with Crippen molar-refractivity contribution in [3.8, 4) is 0 Å². The molecule has 0 saturated heterocycles. The van der Waals surface area contributed by atoms with Crippen molar-refractivity contribution in [1.82, 2.24) is 4.90 Å². The van der Waals surface area contributed by atoms with Crippen LogP contribution < -0.4 is 5.73 Å². The maximum Gasteiger partial charge on any atom is 0.285 e. The SMILES string of the molecule is CN(Cc1ccccc1CN)CC(F)(F)c1ccccc1. The zero-order chi connectivity index (χ0) is 15.3. The molecule has 0 aliphatic rings. The van der Waals surface area contributed by atoms with Crippen LogP contribution in [0.2, 0.25) is 0 Å². The zero-order valence-electron chi connectivity index (χ0n) is 12.1. The molecule has 2 nitrogen and oxygen atoms in total. The van der Waals surface area contributed by atoms with Crippen molar-refractivity contribution in [2.75, 3.05) is 13.6 Å². The maximum atomic E-state index is 14.2. The van der Waals surface area contributed by atoms with Gasteiger partial charge in [-0.05, 0) is 18.2 Å². The fraction of sp³-hybridized carbons (Fsp3) is 0.294. The Kier molecular flexibility index (Phi) is 5.04. The van der Waals surface area contributed by atoms with Gasteiger partial charge >= 0.3 is 0 Å². The second-order valence-corrected chi connectivity index (χ2v) is 5.22. The smallest absolute Gasteiger partial charge is 0.285 e. The standard InChI is InChI=1S/C17H20F2N2/c1-21(12-15-8-6-5-7-14(15)11-20)13-17(18,19)16-9-3-2-4-10-16/h2-10H,11-13,20H2,1H3. The molecule has 0 aliphatic heterocycles. The summed E-state index contributed by atoms with van der Waals surface area (Å²) in [5.74, 6) is -2.87. The number of hydrogen-bond acceptors (Lipinski definition) is 2. The van der Waals surface area contributed by atoms with Gasteiger partial charge in [-0.25, -0.2) is 0 Å². The fourth-order valence-electron chi connectivity index (χ4n) is 2.37. The van der Waals surface area contributed by atoms with E-state index in [1.165, 1.54) is 12.1 Å². The fourth-order valence-corrected chi connectivity index (χ4v) is 2.37. The van der Waals surface area contributed by atoms with Crippen LogP contribution in [0.3, 0.4) is 0 Å². The first kappa shape index (κ1) is 15.6. The van der Waals surface area contributed by atoms with E-state index in [0.717, 1.165) is 11.1 Å². The summed E-state index contributed by atoms with van der Waals surface area (Å²) in [6.45, 7) is 0.546. The Morgan fingerprint density at radius 1 is 0.952 bits per heavy atom. The summed E-state index contributed by atoms with van der Waals surface area (Å²) < 4.78 is 28.5.